The van der Waals surface area contributed by atoms with E-state index in [1.54, 1.807) is 0 Å². The molecule has 90 valence electrons. The molecule has 0 aliphatic carbocycles. The van der Waals surface area contributed by atoms with E-state index in [4.69, 9.17) is 0 Å². The highest BCUT2D eigenvalue weighted by Crippen LogP contribution is 2.19. The van der Waals surface area contributed by atoms with Crippen molar-refractivity contribution in [3.63, 3.8) is 0 Å². The molecule has 0 radical (unpaired) electrons. The average Bonchev–Trinajstić information content (AvgIpc) is 2.16. The maximum Gasteiger partial charge on any atom is 0.222 e. The molecule has 0 heterocycles. The van der Waals surface area contributed by atoms with Crippen molar-refractivity contribution in [2.45, 2.75) is 26.8 Å². The smallest absolute Gasteiger partial charge is 0.212 e. The van der Waals surface area contributed by atoms with Crippen molar-refractivity contribution in [3.8, 4) is 0 Å². The van der Waals surface area contributed by atoms with Crippen LogP contribution in [0.25, 0.3) is 0 Å². The minimum atomic E-state index is -3.23. The van der Waals surface area contributed by atoms with Gasteiger partial charge in [0.05, 0.1) is 0 Å². The molecule has 1 unspecified atom stereocenters. The van der Waals surface area contributed by atoms with Gasteiger partial charge in [0.15, 0.2) is 0 Å². The molecule has 1 N–H and O–H groups in total. The standard InChI is InChI=1S/C11H16BrNO2S/c1-8-4-5-11(9(2)6-8)10(3)13-16(14,15)7-12/h4-6,10,13H,7H2,1-3H3. The summed E-state index contributed by atoms with van der Waals surface area (Å²) in [6.45, 7) is 5.85. The Morgan fingerprint density at radius 2 is 2.00 bits per heavy atom. The van der Waals surface area contributed by atoms with Crippen molar-refractivity contribution in [1.82, 2.24) is 4.72 Å². The van der Waals surface area contributed by atoms with Crippen LogP contribution in [0.2, 0.25) is 0 Å². The summed E-state index contributed by atoms with van der Waals surface area (Å²) in [6, 6.07) is 5.80. The number of sulfonamides is 1. The minimum Gasteiger partial charge on any atom is -0.212 e. The summed E-state index contributed by atoms with van der Waals surface area (Å²) in [4.78, 5) is 0. The van der Waals surface area contributed by atoms with E-state index in [1.165, 1.54) is 5.56 Å². The zero-order valence-electron chi connectivity index (χ0n) is 9.62. The van der Waals surface area contributed by atoms with E-state index in [1.807, 2.05) is 39.0 Å². The Bertz CT molecular complexity index is 471. The lowest BCUT2D eigenvalue weighted by atomic mass is 10.0. The average molecular weight is 306 g/mol. The van der Waals surface area contributed by atoms with E-state index in [0.29, 0.717) is 0 Å². The van der Waals surface area contributed by atoms with E-state index in [0.717, 1.165) is 11.1 Å². The Morgan fingerprint density at radius 1 is 1.38 bits per heavy atom. The van der Waals surface area contributed by atoms with Crippen molar-refractivity contribution >= 4 is 26.0 Å². The van der Waals surface area contributed by atoms with Gasteiger partial charge in [-0.3, -0.25) is 0 Å². The molecule has 5 heteroatoms. The van der Waals surface area contributed by atoms with Crippen LogP contribution in [-0.4, -0.2) is 13.1 Å². The summed E-state index contributed by atoms with van der Waals surface area (Å²) in [5.41, 5.74) is 3.29. The van der Waals surface area contributed by atoms with Crippen LogP contribution in [0, 0.1) is 13.8 Å². The number of hydrogen-bond acceptors (Lipinski definition) is 2. The summed E-state index contributed by atoms with van der Waals surface area (Å²) in [6.07, 6.45) is 0. The van der Waals surface area contributed by atoms with Crippen LogP contribution in [0.4, 0.5) is 0 Å². The molecule has 3 nitrogen and oxygen atoms in total. The van der Waals surface area contributed by atoms with Crippen molar-refractivity contribution in [2.24, 2.45) is 0 Å². The van der Waals surface area contributed by atoms with Crippen molar-refractivity contribution in [2.75, 3.05) is 4.66 Å². The first-order valence-corrected chi connectivity index (χ1v) is 7.76. The van der Waals surface area contributed by atoms with Crippen LogP contribution in [0.15, 0.2) is 18.2 Å². The number of hydrogen-bond donors (Lipinski definition) is 1. The lowest BCUT2D eigenvalue weighted by Gasteiger charge is -2.16. The number of halogens is 1. The van der Waals surface area contributed by atoms with Gasteiger partial charge in [-0.2, -0.15) is 0 Å². The Hall–Kier alpha value is -0.390. The molecular weight excluding hydrogens is 290 g/mol. The summed E-state index contributed by atoms with van der Waals surface area (Å²) in [5.74, 6) is 0. The molecule has 0 amide bonds. The largest absolute Gasteiger partial charge is 0.222 e. The topological polar surface area (TPSA) is 46.2 Å². The first-order valence-electron chi connectivity index (χ1n) is 4.99. The van der Waals surface area contributed by atoms with Crippen LogP contribution < -0.4 is 4.72 Å². The van der Waals surface area contributed by atoms with Gasteiger partial charge in [0, 0.05) is 6.04 Å². The molecule has 1 atom stereocenters. The van der Waals surface area contributed by atoms with Gasteiger partial charge in [0.25, 0.3) is 0 Å². The molecule has 1 aromatic carbocycles. The van der Waals surface area contributed by atoms with E-state index in [9.17, 15) is 8.42 Å². The van der Waals surface area contributed by atoms with Crippen molar-refractivity contribution in [1.29, 1.82) is 0 Å². The fourth-order valence-corrected chi connectivity index (χ4v) is 2.80. The van der Waals surface area contributed by atoms with Crippen molar-refractivity contribution in [3.05, 3.63) is 34.9 Å². The number of benzene rings is 1. The second-order valence-electron chi connectivity index (χ2n) is 3.92. The highest BCUT2D eigenvalue weighted by molar-refractivity contribution is 9.10. The molecular formula is C11H16BrNO2S. The molecule has 1 rings (SSSR count). The quantitative estimate of drug-likeness (QED) is 0.869. The predicted octanol–water partition coefficient (Wildman–Crippen LogP) is 2.64. The van der Waals surface area contributed by atoms with Gasteiger partial charge in [-0.05, 0) is 31.9 Å². The second kappa shape index (κ2) is 5.29. The van der Waals surface area contributed by atoms with E-state index >= 15 is 0 Å². The molecule has 1 aromatic rings. The Balaban J connectivity index is 2.93. The van der Waals surface area contributed by atoms with Crippen LogP contribution in [0.5, 0.6) is 0 Å². The zero-order chi connectivity index (χ0) is 12.3. The highest BCUT2D eigenvalue weighted by atomic mass is 79.9. The maximum absolute atomic E-state index is 11.4. The third kappa shape index (κ3) is 3.57. The molecule has 0 bridgehead atoms. The first kappa shape index (κ1) is 13.7. The molecule has 0 aromatic heterocycles. The summed E-state index contributed by atoms with van der Waals surface area (Å²) >= 11 is 2.95. The second-order valence-corrected chi connectivity index (χ2v) is 6.98. The summed E-state index contributed by atoms with van der Waals surface area (Å²) in [7, 11) is -3.23. The Morgan fingerprint density at radius 3 is 2.50 bits per heavy atom. The molecule has 0 saturated carbocycles. The van der Waals surface area contributed by atoms with Crippen LogP contribution in [0.3, 0.4) is 0 Å². The number of aryl methyl sites for hydroxylation is 2. The molecule has 0 aliphatic heterocycles. The molecule has 0 saturated heterocycles. The Labute approximate surface area is 105 Å². The van der Waals surface area contributed by atoms with Crippen LogP contribution in [-0.2, 0) is 10.0 Å². The third-order valence-electron chi connectivity index (χ3n) is 2.39. The predicted molar refractivity (Wildman–Crippen MR) is 70.2 cm³/mol. The summed E-state index contributed by atoms with van der Waals surface area (Å²) in [5, 5.41) is 0. The lowest BCUT2D eigenvalue weighted by Crippen LogP contribution is -2.27. The first-order chi connectivity index (χ1) is 7.35. The van der Waals surface area contributed by atoms with Gasteiger partial charge in [0.2, 0.25) is 10.0 Å². The highest BCUT2D eigenvalue weighted by Gasteiger charge is 2.15. The van der Waals surface area contributed by atoms with Gasteiger partial charge in [-0.1, -0.05) is 39.7 Å². The minimum absolute atomic E-state index is 0.0742. The van der Waals surface area contributed by atoms with E-state index in [2.05, 4.69) is 20.7 Å². The van der Waals surface area contributed by atoms with Crippen LogP contribution >= 0.6 is 15.9 Å². The number of rotatable bonds is 4. The number of alkyl halides is 1. The third-order valence-corrected chi connectivity index (χ3v) is 5.20. The van der Waals surface area contributed by atoms with Crippen molar-refractivity contribution < 1.29 is 8.42 Å². The number of nitrogens with one attached hydrogen (secondary N) is 1. The fraction of sp³-hybridized carbons (Fsp3) is 0.455. The van der Waals surface area contributed by atoms with Crippen LogP contribution in [0.1, 0.15) is 29.7 Å². The molecule has 0 spiro atoms. The fourth-order valence-electron chi connectivity index (χ4n) is 1.68. The lowest BCUT2D eigenvalue weighted by molar-refractivity contribution is 0.572. The van der Waals surface area contributed by atoms with E-state index < -0.39 is 10.0 Å². The monoisotopic (exact) mass is 305 g/mol. The summed E-state index contributed by atoms with van der Waals surface area (Å²) < 4.78 is 25.3. The molecule has 0 aliphatic rings. The maximum atomic E-state index is 11.4. The van der Waals surface area contributed by atoms with Gasteiger partial charge in [0.1, 0.15) is 4.66 Å². The van der Waals surface area contributed by atoms with E-state index in [-0.39, 0.29) is 10.7 Å². The SMILES string of the molecule is Cc1ccc(C(C)NS(=O)(=O)CBr)c(C)c1. The molecule has 0 fully saturated rings. The van der Waals surface area contributed by atoms with Gasteiger partial charge >= 0.3 is 0 Å². The molecule has 16 heavy (non-hydrogen) atoms. The van der Waals surface area contributed by atoms with Gasteiger partial charge in [-0.25, -0.2) is 13.1 Å². The normalized spacial score (nSPS) is 13.8. The Kier molecular flexibility index (Phi) is 4.52. The van der Waals surface area contributed by atoms with Gasteiger partial charge in [-0.15, -0.1) is 0 Å². The zero-order valence-corrected chi connectivity index (χ0v) is 12.0. The van der Waals surface area contributed by atoms with Gasteiger partial charge < -0.3 is 0 Å².